The van der Waals surface area contributed by atoms with E-state index in [4.69, 9.17) is 0 Å². The Morgan fingerprint density at radius 2 is 1.58 bits per heavy atom. The van der Waals surface area contributed by atoms with E-state index in [0.29, 0.717) is 0 Å². The number of anilines is 2. The van der Waals surface area contributed by atoms with Crippen molar-refractivity contribution in [3.8, 4) is 0 Å². The molecule has 0 saturated heterocycles. The van der Waals surface area contributed by atoms with Crippen LogP contribution in [0.3, 0.4) is 0 Å². The maximum Gasteiger partial charge on any atom is 0.221 e. The standard InChI is InChI=1S/C16H26N2O/c1-4-6-12-18(13-7-5-2)16-10-8-15(9-11-16)17-14(3)19/h8-11H,4-7,12-13H2,1-3H3,(H,17,19). The lowest BCUT2D eigenvalue weighted by Gasteiger charge is -2.25. The van der Waals surface area contributed by atoms with Crippen molar-refractivity contribution in [2.75, 3.05) is 23.3 Å². The zero-order valence-electron chi connectivity index (χ0n) is 12.4. The Balaban J connectivity index is 2.68. The summed E-state index contributed by atoms with van der Waals surface area (Å²) in [7, 11) is 0. The van der Waals surface area contributed by atoms with Crippen LogP contribution in [0.2, 0.25) is 0 Å². The zero-order chi connectivity index (χ0) is 14.1. The molecule has 0 aromatic heterocycles. The first-order valence-corrected chi connectivity index (χ1v) is 7.30. The van der Waals surface area contributed by atoms with E-state index in [9.17, 15) is 4.79 Å². The molecule has 0 aliphatic carbocycles. The van der Waals surface area contributed by atoms with Crippen LogP contribution in [0.4, 0.5) is 11.4 Å². The van der Waals surface area contributed by atoms with E-state index in [2.05, 4.69) is 36.2 Å². The molecule has 0 spiro atoms. The molecular weight excluding hydrogens is 236 g/mol. The molecule has 19 heavy (non-hydrogen) atoms. The van der Waals surface area contributed by atoms with Crippen LogP contribution in [0.5, 0.6) is 0 Å². The number of nitrogens with zero attached hydrogens (tertiary/aromatic N) is 1. The molecule has 0 heterocycles. The molecule has 0 unspecified atom stereocenters. The molecule has 1 aromatic rings. The van der Waals surface area contributed by atoms with Gasteiger partial charge in [-0.1, -0.05) is 26.7 Å². The summed E-state index contributed by atoms with van der Waals surface area (Å²) in [6.07, 6.45) is 4.87. The van der Waals surface area contributed by atoms with E-state index in [0.717, 1.165) is 18.8 Å². The van der Waals surface area contributed by atoms with Gasteiger partial charge in [0.25, 0.3) is 0 Å². The van der Waals surface area contributed by atoms with Crippen LogP contribution in [-0.4, -0.2) is 19.0 Å². The van der Waals surface area contributed by atoms with Crippen molar-refractivity contribution in [1.29, 1.82) is 0 Å². The van der Waals surface area contributed by atoms with Gasteiger partial charge < -0.3 is 10.2 Å². The number of unbranched alkanes of at least 4 members (excludes halogenated alkanes) is 2. The summed E-state index contributed by atoms with van der Waals surface area (Å²) in [6.45, 7) is 8.18. The van der Waals surface area contributed by atoms with Gasteiger partial charge in [-0.15, -0.1) is 0 Å². The molecule has 3 nitrogen and oxygen atoms in total. The van der Waals surface area contributed by atoms with Crippen LogP contribution >= 0.6 is 0 Å². The van der Waals surface area contributed by atoms with Gasteiger partial charge in [-0.05, 0) is 37.1 Å². The third-order valence-electron chi connectivity index (χ3n) is 3.12. The highest BCUT2D eigenvalue weighted by Gasteiger charge is 2.05. The van der Waals surface area contributed by atoms with E-state index < -0.39 is 0 Å². The van der Waals surface area contributed by atoms with Gasteiger partial charge in [0.05, 0.1) is 0 Å². The lowest BCUT2D eigenvalue weighted by atomic mass is 10.2. The topological polar surface area (TPSA) is 32.3 Å². The van der Waals surface area contributed by atoms with Gasteiger partial charge in [-0.2, -0.15) is 0 Å². The molecule has 106 valence electrons. The molecule has 0 saturated carbocycles. The summed E-state index contributed by atoms with van der Waals surface area (Å²) in [5.74, 6) is -0.0263. The van der Waals surface area contributed by atoms with Gasteiger partial charge >= 0.3 is 0 Å². The van der Waals surface area contributed by atoms with E-state index in [-0.39, 0.29) is 5.91 Å². The molecule has 0 aliphatic rings. The normalized spacial score (nSPS) is 10.3. The molecule has 1 aromatic carbocycles. The smallest absolute Gasteiger partial charge is 0.221 e. The van der Waals surface area contributed by atoms with Gasteiger partial charge in [-0.25, -0.2) is 0 Å². The van der Waals surface area contributed by atoms with Crippen molar-refractivity contribution >= 4 is 17.3 Å². The summed E-state index contributed by atoms with van der Waals surface area (Å²) in [5, 5.41) is 2.80. The number of hydrogen-bond donors (Lipinski definition) is 1. The van der Waals surface area contributed by atoms with E-state index in [1.807, 2.05) is 12.1 Å². The van der Waals surface area contributed by atoms with E-state index in [1.165, 1.54) is 38.3 Å². The van der Waals surface area contributed by atoms with Crippen LogP contribution in [0.25, 0.3) is 0 Å². The van der Waals surface area contributed by atoms with Gasteiger partial charge in [0.15, 0.2) is 0 Å². The van der Waals surface area contributed by atoms with Crippen LogP contribution in [-0.2, 0) is 4.79 Å². The fourth-order valence-electron chi connectivity index (χ4n) is 2.03. The van der Waals surface area contributed by atoms with E-state index in [1.54, 1.807) is 0 Å². The quantitative estimate of drug-likeness (QED) is 0.766. The highest BCUT2D eigenvalue weighted by Crippen LogP contribution is 2.19. The Bertz CT molecular complexity index is 365. The summed E-state index contributed by atoms with van der Waals surface area (Å²) in [6, 6.07) is 8.14. The Labute approximate surface area is 117 Å². The summed E-state index contributed by atoms with van der Waals surface area (Å²) >= 11 is 0. The zero-order valence-corrected chi connectivity index (χ0v) is 12.4. The fourth-order valence-corrected chi connectivity index (χ4v) is 2.03. The second-order valence-corrected chi connectivity index (χ2v) is 4.92. The number of carbonyl (C=O) groups is 1. The number of amides is 1. The van der Waals surface area contributed by atoms with Crippen molar-refractivity contribution in [2.45, 2.75) is 46.5 Å². The number of carbonyl (C=O) groups excluding carboxylic acids is 1. The molecule has 0 radical (unpaired) electrons. The van der Waals surface area contributed by atoms with Crippen LogP contribution in [0.1, 0.15) is 46.5 Å². The number of benzene rings is 1. The minimum atomic E-state index is -0.0263. The van der Waals surface area contributed by atoms with Crippen molar-refractivity contribution in [2.24, 2.45) is 0 Å². The summed E-state index contributed by atoms with van der Waals surface area (Å²) in [4.78, 5) is 13.4. The van der Waals surface area contributed by atoms with Crippen LogP contribution < -0.4 is 10.2 Å². The van der Waals surface area contributed by atoms with Gasteiger partial charge in [0, 0.05) is 31.4 Å². The summed E-state index contributed by atoms with van der Waals surface area (Å²) < 4.78 is 0. The molecule has 1 rings (SSSR count). The predicted molar refractivity (Wildman–Crippen MR) is 82.8 cm³/mol. The van der Waals surface area contributed by atoms with Gasteiger partial charge in [0.1, 0.15) is 0 Å². The number of rotatable bonds is 8. The fraction of sp³-hybridized carbons (Fsp3) is 0.562. The average molecular weight is 262 g/mol. The van der Waals surface area contributed by atoms with Crippen molar-refractivity contribution in [3.05, 3.63) is 24.3 Å². The number of nitrogens with one attached hydrogen (secondary N) is 1. The maximum absolute atomic E-state index is 11.0. The highest BCUT2D eigenvalue weighted by atomic mass is 16.1. The van der Waals surface area contributed by atoms with Gasteiger partial charge in [0.2, 0.25) is 5.91 Å². The lowest BCUT2D eigenvalue weighted by Crippen LogP contribution is -2.25. The predicted octanol–water partition coefficient (Wildman–Crippen LogP) is 4.05. The minimum Gasteiger partial charge on any atom is -0.372 e. The SMILES string of the molecule is CCCCN(CCCC)c1ccc(NC(C)=O)cc1. The molecule has 0 aliphatic heterocycles. The Kier molecular flexibility index (Phi) is 7.01. The first kappa shape index (κ1) is 15.5. The van der Waals surface area contributed by atoms with E-state index >= 15 is 0 Å². The van der Waals surface area contributed by atoms with Gasteiger partial charge in [-0.3, -0.25) is 4.79 Å². The molecular formula is C16H26N2O. The minimum absolute atomic E-state index is 0.0263. The molecule has 0 atom stereocenters. The second kappa shape index (κ2) is 8.57. The first-order chi connectivity index (χ1) is 9.17. The molecule has 0 bridgehead atoms. The Morgan fingerprint density at radius 1 is 1.05 bits per heavy atom. The second-order valence-electron chi connectivity index (χ2n) is 4.92. The maximum atomic E-state index is 11.0. The lowest BCUT2D eigenvalue weighted by molar-refractivity contribution is -0.114. The van der Waals surface area contributed by atoms with Crippen molar-refractivity contribution < 1.29 is 4.79 Å². The third-order valence-corrected chi connectivity index (χ3v) is 3.12. The monoisotopic (exact) mass is 262 g/mol. The highest BCUT2D eigenvalue weighted by molar-refractivity contribution is 5.88. The first-order valence-electron chi connectivity index (χ1n) is 7.30. The van der Waals surface area contributed by atoms with Crippen LogP contribution in [0, 0.1) is 0 Å². The molecule has 0 fully saturated rings. The van der Waals surface area contributed by atoms with Crippen LogP contribution in [0.15, 0.2) is 24.3 Å². The molecule has 1 amide bonds. The Morgan fingerprint density at radius 3 is 2.00 bits per heavy atom. The Hall–Kier alpha value is -1.51. The third kappa shape index (κ3) is 5.77. The molecule has 3 heteroatoms. The van der Waals surface area contributed by atoms with Crippen molar-refractivity contribution in [1.82, 2.24) is 0 Å². The molecule has 1 N–H and O–H groups in total. The average Bonchev–Trinajstić information content (AvgIpc) is 2.39. The largest absolute Gasteiger partial charge is 0.372 e. The van der Waals surface area contributed by atoms with Crippen molar-refractivity contribution in [3.63, 3.8) is 0 Å². The number of hydrogen-bond acceptors (Lipinski definition) is 2. The summed E-state index contributed by atoms with van der Waals surface area (Å²) in [5.41, 5.74) is 2.11.